The zero-order chi connectivity index (χ0) is 26.8. The van der Waals surface area contributed by atoms with Gasteiger partial charge in [-0.05, 0) is 50.2 Å². The minimum Gasteiger partial charge on any atom is -0.472 e. The van der Waals surface area contributed by atoms with Gasteiger partial charge in [-0.3, -0.25) is 4.79 Å². The van der Waals surface area contributed by atoms with Crippen molar-refractivity contribution in [3.05, 3.63) is 59.8 Å². The molecule has 1 amide bonds. The van der Waals surface area contributed by atoms with Crippen molar-refractivity contribution in [3.8, 4) is 11.6 Å². The maximum absolute atomic E-state index is 13.9. The lowest BCUT2D eigenvalue weighted by Gasteiger charge is -2.37. The zero-order valence-corrected chi connectivity index (χ0v) is 17.3. The van der Waals surface area contributed by atoms with Crippen LogP contribution in [0.3, 0.4) is 0 Å². The summed E-state index contributed by atoms with van der Waals surface area (Å²) in [7, 11) is 0. The maximum Gasteiger partial charge on any atom is 0.417 e. The van der Waals surface area contributed by atoms with Crippen molar-refractivity contribution < 1.29 is 28.2 Å². The number of amides is 1. The summed E-state index contributed by atoms with van der Waals surface area (Å²) in [6.45, 7) is -1.10. The van der Waals surface area contributed by atoms with Crippen LogP contribution in [-0.2, 0) is 6.18 Å². The number of pyridine rings is 2. The Morgan fingerprint density at radius 2 is 2.00 bits per heavy atom. The van der Waals surface area contributed by atoms with Gasteiger partial charge in [0.15, 0.2) is 5.69 Å². The number of fused-ring (bicyclic) bond motifs is 2. The number of halogens is 3. The molecule has 2 aliphatic rings. The van der Waals surface area contributed by atoms with Crippen molar-refractivity contribution in [2.75, 3.05) is 0 Å². The Labute approximate surface area is 193 Å². The molecule has 0 aromatic carbocycles. The van der Waals surface area contributed by atoms with Gasteiger partial charge in [-0.2, -0.15) is 23.4 Å². The van der Waals surface area contributed by atoms with Crippen molar-refractivity contribution in [2.24, 2.45) is 5.92 Å². The highest BCUT2D eigenvalue weighted by atomic mass is 19.4. The predicted octanol–water partition coefficient (Wildman–Crippen LogP) is 3.46. The van der Waals surface area contributed by atoms with E-state index in [-0.39, 0.29) is 30.1 Å². The first kappa shape index (κ1) is 17.0. The highest BCUT2D eigenvalue weighted by Gasteiger charge is 2.53. The molecule has 0 unspecified atom stereocenters. The standard InChI is InChI=1S/C22H21F3N6O2/c1-12-7-17(31-28-5-6-29-31)20(27-10-12)21(32)30-13(2)14-8-16(30)18(9-14)33-19-4-3-15(11-26-19)22(23,24)25/h3-7,10-11,13-14,16,18H,8-9H2,1-2H3/t13-,14-,16+,18-/m1/s1/i2D3,13D. The summed E-state index contributed by atoms with van der Waals surface area (Å²) in [6, 6.07) is 0.414. The van der Waals surface area contributed by atoms with Crippen molar-refractivity contribution >= 4 is 5.91 Å². The first-order chi connectivity index (χ1) is 17.3. The molecule has 172 valence electrons. The van der Waals surface area contributed by atoms with Crippen molar-refractivity contribution in [3.63, 3.8) is 0 Å². The second-order valence-corrected chi connectivity index (χ2v) is 8.03. The van der Waals surface area contributed by atoms with Gasteiger partial charge in [0.25, 0.3) is 5.91 Å². The van der Waals surface area contributed by atoms with Crippen molar-refractivity contribution in [1.82, 2.24) is 29.9 Å². The number of aryl methyl sites for hydroxylation is 1. The quantitative estimate of drug-likeness (QED) is 0.590. The number of piperidine rings is 1. The van der Waals surface area contributed by atoms with Gasteiger partial charge < -0.3 is 9.64 Å². The van der Waals surface area contributed by atoms with Crippen LogP contribution >= 0.6 is 0 Å². The number of aromatic nitrogens is 5. The van der Waals surface area contributed by atoms with Crippen LogP contribution in [0.2, 0.25) is 0 Å². The molecule has 1 saturated heterocycles. The molecule has 0 radical (unpaired) electrons. The van der Waals surface area contributed by atoms with Gasteiger partial charge >= 0.3 is 6.18 Å². The van der Waals surface area contributed by atoms with E-state index >= 15 is 0 Å². The molecule has 1 saturated carbocycles. The number of alkyl halides is 3. The van der Waals surface area contributed by atoms with Crippen molar-refractivity contribution in [1.29, 1.82) is 0 Å². The van der Waals surface area contributed by atoms with Crippen LogP contribution < -0.4 is 4.74 Å². The Bertz CT molecular complexity index is 1320. The number of carbonyl (C=O) groups excluding carboxylic acids is 1. The lowest BCUT2D eigenvalue weighted by molar-refractivity contribution is -0.137. The van der Waals surface area contributed by atoms with Crippen molar-refractivity contribution in [2.45, 2.75) is 51.0 Å². The minimum absolute atomic E-state index is 0.0997. The van der Waals surface area contributed by atoms with E-state index in [4.69, 9.17) is 10.2 Å². The van der Waals surface area contributed by atoms with Gasteiger partial charge in [-0.15, -0.1) is 4.80 Å². The van der Waals surface area contributed by atoms with Crippen LogP contribution in [0.4, 0.5) is 13.2 Å². The number of ether oxygens (including phenoxy) is 1. The number of hydrogen-bond acceptors (Lipinski definition) is 6. The summed E-state index contributed by atoms with van der Waals surface area (Å²) < 4.78 is 77.8. The molecule has 11 heteroatoms. The Morgan fingerprint density at radius 3 is 2.67 bits per heavy atom. The monoisotopic (exact) mass is 462 g/mol. The van der Waals surface area contributed by atoms with Crippen LogP contribution in [0.25, 0.3) is 5.69 Å². The summed E-state index contributed by atoms with van der Waals surface area (Å²) in [4.78, 5) is 24.0. The van der Waals surface area contributed by atoms with E-state index in [0.717, 1.165) is 17.0 Å². The Morgan fingerprint density at radius 1 is 1.21 bits per heavy atom. The highest BCUT2D eigenvalue weighted by Crippen LogP contribution is 2.44. The van der Waals surface area contributed by atoms with E-state index < -0.39 is 48.6 Å². The van der Waals surface area contributed by atoms with Gasteiger partial charge in [0, 0.05) is 28.6 Å². The zero-order valence-electron chi connectivity index (χ0n) is 21.3. The summed E-state index contributed by atoms with van der Waals surface area (Å²) in [5.41, 5.74) is -0.161. The molecule has 0 N–H and O–H groups in total. The third-order valence-corrected chi connectivity index (χ3v) is 5.85. The first-order valence-electron chi connectivity index (χ1n) is 12.2. The molecule has 1 aliphatic carbocycles. The SMILES string of the molecule is [2H]C([2H])([2H])[C@]1([2H])[C@H]2C[C@@H](Oc3ccc(C(F)(F)F)cn3)[C@H](C2)N1C(=O)c1ncc(C)cc1-n1nccn1. The molecule has 3 aromatic rings. The van der Waals surface area contributed by atoms with E-state index in [1.807, 2.05) is 0 Å². The topological polar surface area (TPSA) is 86.0 Å². The molecule has 8 nitrogen and oxygen atoms in total. The maximum atomic E-state index is 13.9. The smallest absolute Gasteiger partial charge is 0.417 e. The molecule has 4 atom stereocenters. The second-order valence-electron chi connectivity index (χ2n) is 8.03. The van der Waals surface area contributed by atoms with Gasteiger partial charge in [-0.25, -0.2) is 9.97 Å². The molecular formula is C22H21F3N6O2. The average molecular weight is 462 g/mol. The van der Waals surface area contributed by atoms with Gasteiger partial charge in [0.1, 0.15) is 11.8 Å². The third-order valence-electron chi connectivity index (χ3n) is 5.85. The average Bonchev–Trinajstić information content (AvgIpc) is 3.54. The highest BCUT2D eigenvalue weighted by molar-refractivity contribution is 5.96. The largest absolute Gasteiger partial charge is 0.472 e. The third kappa shape index (κ3) is 3.81. The molecule has 2 bridgehead atoms. The molecular weight excluding hydrogens is 437 g/mol. The summed E-state index contributed by atoms with van der Waals surface area (Å²) in [5, 5.41) is 8.10. The van der Waals surface area contributed by atoms with E-state index in [1.165, 1.54) is 23.4 Å². The molecule has 5 rings (SSSR count). The summed E-state index contributed by atoms with van der Waals surface area (Å²) >= 11 is 0. The molecule has 1 aliphatic heterocycles. The van der Waals surface area contributed by atoms with Gasteiger partial charge in [-0.1, -0.05) is 0 Å². The predicted molar refractivity (Wildman–Crippen MR) is 110 cm³/mol. The molecule has 4 heterocycles. The number of hydrogen-bond donors (Lipinski definition) is 0. The van der Waals surface area contributed by atoms with Crippen LogP contribution in [0.1, 0.15) is 46.8 Å². The molecule has 33 heavy (non-hydrogen) atoms. The van der Waals surface area contributed by atoms with Crippen LogP contribution in [0.15, 0.2) is 43.0 Å². The van der Waals surface area contributed by atoms with Crippen LogP contribution in [0, 0.1) is 12.8 Å². The molecule has 3 aromatic heterocycles. The van der Waals surface area contributed by atoms with E-state index in [1.54, 1.807) is 13.0 Å². The fraction of sp³-hybridized carbons (Fsp3) is 0.409. The summed E-state index contributed by atoms with van der Waals surface area (Å²) in [5.74, 6) is -1.68. The van der Waals surface area contributed by atoms with E-state index in [9.17, 15) is 18.0 Å². The fourth-order valence-corrected chi connectivity index (χ4v) is 4.33. The fourth-order valence-electron chi connectivity index (χ4n) is 4.33. The molecule has 2 fully saturated rings. The van der Waals surface area contributed by atoms with E-state index in [0.29, 0.717) is 11.8 Å². The number of rotatable bonds is 4. The second kappa shape index (κ2) is 7.82. The number of carbonyl (C=O) groups is 1. The lowest BCUT2D eigenvalue weighted by atomic mass is 9.98. The van der Waals surface area contributed by atoms with Crippen LogP contribution in [-0.4, -0.2) is 53.9 Å². The minimum atomic E-state index is -4.56. The first-order valence-corrected chi connectivity index (χ1v) is 10.2. The Hall–Kier alpha value is -3.50. The Kier molecular flexibility index (Phi) is 4.04. The normalized spacial score (nSPS) is 28.7. The van der Waals surface area contributed by atoms with E-state index in [2.05, 4.69) is 20.2 Å². The Balaban J connectivity index is 1.50. The summed E-state index contributed by atoms with van der Waals surface area (Å²) in [6.07, 6.45) is -0.158. The molecule has 0 spiro atoms. The lowest BCUT2D eigenvalue weighted by Crippen LogP contribution is -2.51. The van der Waals surface area contributed by atoms with Gasteiger partial charge in [0.05, 0.1) is 25.4 Å². The number of nitrogens with zero attached hydrogens (tertiary/aromatic N) is 6. The van der Waals surface area contributed by atoms with Crippen LogP contribution in [0.5, 0.6) is 5.88 Å². The number of likely N-dealkylation sites (tertiary alicyclic amines) is 1. The van der Waals surface area contributed by atoms with Gasteiger partial charge in [0.2, 0.25) is 5.88 Å².